The number of likely N-dealkylation sites (N-methyl/N-ethyl adjacent to an activating group) is 1. The molecule has 5 nitrogen and oxygen atoms in total. The molecule has 0 bridgehead atoms. The van der Waals surface area contributed by atoms with Crippen molar-refractivity contribution in [3.8, 4) is 0 Å². The fourth-order valence-electron chi connectivity index (χ4n) is 2.91. The lowest BCUT2D eigenvalue weighted by Gasteiger charge is -2.34. The maximum absolute atomic E-state index is 12.8. The number of hydrogen-bond acceptors (Lipinski definition) is 3. The van der Waals surface area contributed by atoms with Gasteiger partial charge in [0.1, 0.15) is 0 Å². The Morgan fingerprint density at radius 1 is 1.35 bits per heavy atom. The van der Waals surface area contributed by atoms with Crippen molar-refractivity contribution in [1.82, 2.24) is 15.5 Å². The van der Waals surface area contributed by atoms with E-state index in [4.69, 9.17) is 0 Å². The van der Waals surface area contributed by atoms with Crippen LogP contribution >= 0.6 is 0 Å². The standard InChI is InChI=1S/C15H29N3O2/c1-5-8-15(9-7-10-16-15)14(20)18(6-2)11-13(19)17-12(3)4/h12,16H,5-11H2,1-4H3,(H,17,19). The number of rotatable bonds is 7. The molecule has 0 saturated carbocycles. The highest BCUT2D eigenvalue weighted by Gasteiger charge is 2.42. The van der Waals surface area contributed by atoms with E-state index in [0.717, 1.165) is 32.2 Å². The molecule has 1 aliphatic rings. The maximum atomic E-state index is 12.8. The fourth-order valence-corrected chi connectivity index (χ4v) is 2.91. The van der Waals surface area contributed by atoms with Gasteiger partial charge in [-0.25, -0.2) is 0 Å². The number of nitrogens with zero attached hydrogens (tertiary/aromatic N) is 1. The molecule has 20 heavy (non-hydrogen) atoms. The lowest BCUT2D eigenvalue weighted by molar-refractivity contribution is -0.141. The summed E-state index contributed by atoms with van der Waals surface area (Å²) in [6.07, 6.45) is 3.71. The largest absolute Gasteiger partial charge is 0.352 e. The molecule has 1 unspecified atom stereocenters. The van der Waals surface area contributed by atoms with Crippen LogP contribution in [0.5, 0.6) is 0 Å². The molecule has 116 valence electrons. The topological polar surface area (TPSA) is 61.4 Å². The van der Waals surface area contributed by atoms with Crippen LogP contribution in [0.3, 0.4) is 0 Å². The number of nitrogens with one attached hydrogen (secondary N) is 2. The van der Waals surface area contributed by atoms with E-state index in [0.29, 0.717) is 6.54 Å². The fraction of sp³-hybridized carbons (Fsp3) is 0.867. The Morgan fingerprint density at radius 3 is 2.50 bits per heavy atom. The zero-order valence-electron chi connectivity index (χ0n) is 13.3. The van der Waals surface area contributed by atoms with Crippen molar-refractivity contribution in [2.75, 3.05) is 19.6 Å². The van der Waals surface area contributed by atoms with Crippen LogP contribution in [0.25, 0.3) is 0 Å². The van der Waals surface area contributed by atoms with Gasteiger partial charge >= 0.3 is 0 Å². The summed E-state index contributed by atoms with van der Waals surface area (Å²) in [7, 11) is 0. The summed E-state index contributed by atoms with van der Waals surface area (Å²) in [6.45, 7) is 9.48. The van der Waals surface area contributed by atoms with Crippen molar-refractivity contribution in [2.24, 2.45) is 0 Å². The monoisotopic (exact) mass is 283 g/mol. The molecule has 1 fully saturated rings. The lowest BCUT2D eigenvalue weighted by atomic mass is 9.90. The van der Waals surface area contributed by atoms with Gasteiger partial charge in [0.15, 0.2) is 0 Å². The summed E-state index contributed by atoms with van der Waals surface area (Å²) < 4.78 is 0. The van der Waals surface area contributed by atoms with Gasteiger partial charge in [0.25, 0.3) is 0 Å². The Kier molecular flexibility index (Phi) is 6.46. The third kappa shape index (κ3) is 4.20. The summed E-state index contributed by atoms with van der Waals surface area (Å²) in [5.41, 5.74) is -0.442. The van der Waals surface area contributed by atoms with Gasteiger partial charge in [-0.3, -0.25) is 9.59 Å². The van der Waals surface area contributed by atoms with Crippen molar-refractivity contribution in [3.05, 3.63) is 0 Å². The zero-order chi connectivity index (χ0) is 15.2. The van der Waals surface area contributed by atoms with E-state index < -0.39 is 5.54 Å². The highest BCUT2D eigenvalue weighted by atomic mass is 16.2. The van der Waals surface area contributed by atoms with Crippen molar-refractivity contribution in [1.29, 1.82) is 0 Å². The molecular formula is C15H29N3O2. The van der Waals surface area contributed by atoms with Crippen LogP contribution in [0.4, 0.5) is 0 Å². The Hall–Kier alpha value is -1.10. The van der Waals surface area contributed by atoms with Crippen LogP contribution in [0.15, 0.2) is 0 Å². The predicted molar refractivity (Wildman–Crippen MR) is 80.4 cm³/mol. The van der Waals surface area contributed by atoms with Gasteiger partial charge in [-0.2, -0.15) is 0 Å². The Bertz CT molecular complexity index is 336. The molecule has 0 aromatic rings. The van der Waals surface area contributed by atoms with Crippen molar-refractivity contribution < 1.29 is 9.59 Å². The molecular weight excluding hydrogens is 254 g/mol. The molecule has 1 rings (SSSR count). The van der Waals surface area contributed by atoms with Gasteiger partial charge in [0.2, 0.25) is 11.8 Å². The Balaban J connectivity index is 2.72. The average Bonchev–Trinajstić information content (AvgIpc) is 2.84. The molecule has 2 N–H and O–H groups in total. The quantitative estimate of drug-likeness (QED) is 0.740. The van der Waals surface area contributed by atoms with Gasteiger partial charge in [-0.05, 0) is 46.6 Å². The van der Waals surface area contributed by atoms with E-state index in [1.54, 1.807) is 4.90 Å². The van der Waals surface area contributed by atoms with Crippen molar-refractivity contribution in [3.63, 3.8) is 0 Å². The number of hydrogen-bond donors (Lipinski definition) is 2. The first kappa shape index (κ1) is 17.0. The van der Waals surface area contributed by atoms with Gasteiger partial charge in [0.05, 0.1) is 12.1 Å². The summed E-state index contributed by atoms with van der Waals surface area (Å²) in [6, 6.07) is 0.102. The van der Waals surface area contributed by atoms with Crippen LogP contribution in [-0.4, -0.2) is 47.9 Å². The van der Waals surface area contributed by atoms with E-state index in [2.05, 4.69) is 17.6 Å². The van der Waals surface area contributed by atoms with Gasteiger partial charge < -0.3 is 15.5 Å². The first-order chi connectivity index (χ1) is 9.45. The zero-order valence-corrected chi connectivity index (χ0v) is 13.3. The van der Waals surface area contributed by atoms with Crippen molar-refractivity contribution >= 4 is 11.8 Å². The maximum Gasteiger partial charge on any atom is 0.243 e. The van der Waals surface area contributed by atoms with Crippen LogP contribution in [0.2, 0.25) is 0 Å². The molecule has 2 amide bonds. The van der Waals surface area contributed by atoms with Crippen LogP contribution < -0.4 is 10.6 Å². The smallest absolute Gasteiger partial charge is 0.243 e. The molecule has 5 heteroatoms. The second-order valence-corrected chi connectivity index (χ2v) is 5.90. The van der Waals surface area contributed by atoms with Gasteiger partial charge in [0, 0.05) is 12.6 Å². The van der Waals surface area contributed by atoms with Crippen LogP contribution in [-0.2, 0) is 9.59 Å². The molecule has 0 radical (unpaired) electrons. The summed E-state index contributed by atoms with van der Waals surface area (Å²) in [5, 5.41) is 6.22. The van der Waals surface area contributed by atoms with Crippen LogP contribution in [0.1, 0.15) is 53.4 Å². The molecule has 1 heterocycles. The normalized spacial score (nSPS) is 22.1. The minimum absolute atomic E-state index is 0.0817. The van der Waals surface area contributed by atoms with Gasteiger partial charge in [-0.1, -0.05) is 13.3 Å². The number of carbonyl (C=O) groups excluding carboxylic acids is 2. The van der Waals surface area contributed by atoms with E-state index in [1.165, 1.54) is 0 Å². The van der Waals surface area contributed by atoms with Crippen molar-refractivity contribution in [2.45, 2.75) is 65.0 Å². The minimum Gasteiger partial charge on any atom is -0.352 e. The lowest BCUT2D eigenvalue weighted by Crippen LogP contribution is -2.56. The summed E-state index contributed by atoms with van der Waals surface area (Å²) in [4.78, 5) is 26.3. The molecule has 1 atom stereocenters. The molecule has 1 aliphatic heterocycles. The van der Waals surface area contributed by atoms with E-state index in [9.17, 15) is 9.59 Å². The highest BCUT2D eigenvalue weighted by Crippen LogP contribution is 2.27. The highest BCUT2D eigenvalue weighted by molar-refractivity contribution is 5.90. The molecule has 0 aromatic heterocycles. The molecule has 0 aromatic carbocycles. The van der Waals surface area contributed by atoms with Crippen LogP contribution in [0, 0.1) is 0 Å². The average molecular weight is 283 g/mol. The Labute approximate surface area is 122 Å². The molecule has 0 spiro atoms. The SMILES string of the molecule is CCCC1(C(=O)N(CC)CC(=O)NC(C)C)CCCN1. The third-order valence-corrected chi connectivity index (χ3v) is 3.78. The number of carbonyl (C=O) groups is 2. The summed E-state index contributed by atoms with van der Waals surface area (Å²) >= 11 is 0. The Morgan fingerprint density at radius 2 is 2.05 bits per heavy atom. The van der Waals surface area contributed by atoms with E-state index in [-0.39, 0.29) is 24.4 Å². The summed E-state index contributed by atoms with van der Waals surface area (Å²) in [5.74, 6) is -0.00176. The van der Waals surface area contributed by atoms with E-state index >= 15 is 0 Å². The van der Waals surface area contributed by atoms with E-state index in [1.807, 2.05) is 20.8 Å². The molecule has 1 saturated heterocycles. The first-order valence-corrected chi connectivity index (χ1v) is 7.79. The number of amides is 2. The first-order valence-electron chi connectivity index (χ1n) is 7.79. The molecule has 0 aliphatic carbocycles. The predicted octanol–water partition coefficient (Wildman–Crippen LogP) is 1.28. The minimum atomic E-state index is -0.442. The third-order valence-electron chi connectivity index (χ3n) is 3.78. The second-order valence-electron chi connectivity index (χ2n) is 5.90. The van der Waals surface area contributed by atoms with Gasteiger partial charge in [-0.15, -0.1) is 0 Å². The second kappa shape index (κ2) is 7.62.